The zero-order valence-electron chi connectivity index (χ0n) is 12.4. The van der Waals surface area contributed by atoms with E-state index in [4.69, 9.17) is 15.3 Å². The Morgan fingerprint density at radius 2 is 1.76 bits per heavy atom. The van der Waals surface area contributed by atoms with E-state index in [0.717, 1.165) is 11.3 Å². The summed E-state index contributed by atoms with van der Waals surface area (Å²) in [5.41, 5.74) is 8.20. The fourth-order valence-electron chi connectivity index (χ4n) is 2.24. The third-order valence-electron chi connectivity index (χ3n) is 3.31. The molecule has 0 unspecified atom stereocenters. The van der Waals surface area contributed by atoms with Gasteiger partial charge in [0, 0.05) is 16.8 Å². The van der Waals surface area contributed by atoms with Crippen LogP contribution in [0.1, 0.15) is 25.0 Å². The molecule has 1 heterocycles. The van der Waals surface area contributed by atoms with E-state index in [1.807, 2.05) is 6.92 Å². The second-order valence-electron chi connectivity index (χ2n) is 4.54. The molecule has 1 amide bonds. The summed E-state index contributed by atoms with van der Waals surface area (Å²) in [7, 11) is 3.10. The van der Waals surface area contributed by atoms with Crippen molar-refractivity contribution in [1.82, 2.24) is 10.9 Å². The molecule has 0 bridgehead atoms. The molecule has 0 radical (unpaired) electrons. The molecule has 7 nitrogen and oxygen atoms in total. The van der Waals surface area contributed by atoms with Gasteiger partial charge < -0.3 is 9.47 Å². The second kappa shape index (κ2) is 5.84. The summed E-state index contributed by atoms with van der Waals surface area (Å²) in [6.45, 7) is 3.60. The van der Waals surface area contributed by atoms with Crippen LogP contribution in [0, 0.1) is 0 Å². The first-order chi connectivity index (χ1) is 10.0. The number of benzene rings is 1. The number of amides is 1. The number of methoxy groups -OCH3 is 2. The first kappa shape index (κ1) is 14.9. The number of rotatable bonds is 3. The average Bonchev–Trinajstić information content (AvgIpc) is 2.62. The quantitative estimate of drug-likeness (QED) is 0.433. The van der Waals surface area contributed by atoms with E-state index in [0.29, 0.717) is 28.3 Å². The molecule has 0 saturated carbocycles. The van der Waals surface area contributed by atoms with Crippen molar-refractivity contribution < 1.29 is 14.3 Å². The Morgan fingerprint density at radius 1 is 1.19 bits per heavy atom. The van der Waals surface area contributed by atoms with Crippen LogP contribution in [0.15, 0.2) is 22.9 Å². The lowest BCUT2D eigenvalue weighted by atomic mass is 9.95. The number of hydrazine groups is 1. The minimum atomic E-state index is -0.404. The Morgan fingerprint density at radius 3 is 2.29 bits per heavy atom. The summed E-state index contributed by atoms with van der Waals surface area (Å²) in [4.78, 5) is 12.1. The van der Waals surface area contributed by atoms with Crippen molar-refractivity contribution in [2.45, 2.75) is 13.8 Å². The van der Waals surface area contributed by atoms with Crippen LogP contribution in [0.4, 0.5) is 0 Å². The summed E-state index contributed by atoms with van der Waals surface area (Å²) >= 11 is 0. The molecule has 2 rings (SSSR count). The minimum absolute atomic E-state index is 0.404. The van der Waals surface area contributed by atoms with Crippen molar-refractivity contribution in [3.8, 4) is 11.5 Å². The van der Waals surface area contributed by atoms with Gasteiger partial charge in [-0.1, -0.05) is 0 Å². The Labute approximate surface area is 122 Å². The third-order valence-corrected chi connectivity index (χ3v) is 3.31. The third kappa shape index (κ3) is 2.55. The van der Waals surface area contributed by atoms with Crippen LogP contribution in [-0.4, -0.2) is 25.8 Å². The van der Waals surface area contributed by atoms with Gasteiger partial charge in [0.1, 0.15) is 0 Å². The van der Waals surface area contributed by atoms with Crippen LogP contribution in [0.2, 0.25) is 0 Å². The standard InChI is InChI=1S/C14H18N4O3/c1-7-9-5-11(20-3)12(21-4)6-10(9)13(14(19)16-15)8(2)18-17-7/h5-6,18H,15H2,1-4H3,(H,16,19). The van der Waals surface area contributed by atoms with E-state index in [9.17, 15) is 4.79 Å². The van der Waals surface area contributed by atoms with Crippen LogP contribution in [-0.2, 0) is 4.79 Å². The molecule has 112 valence electrons. The summed E-state index contributed by atoms with van der Waals surface area (Å²) in [5, 5.41) is 4.24. The zero-order chi connectivity index (χ0) is 15.6. The molecule has 4 N–H and O–H groups in total. The maximum atomic E-state index is 12.1. The number of hydrazone groups is 1. The first-order valence-electron chi connectivity index (χ1n) is 6.32. The maximum absolute atomic E-state index is 12.1. The molecule has 0 fully saturated rings. The Bertz CT molecular complexity index is 650. The number of allylic oxidation sites excluding steroid dienone is 1. The number of nitrogens with zero attached hydrogens (tertiary/aromatic N) is 1. The highest BCUT2D eigenvalue weighted by Crippen LogP contribution is 2.35. The molecule has 1 aromatic rings. The van der Waals surface area contributed by atoms with Crippen LogP contribution in [0.5, 0.6) is 11.5 Å². The van der Waals surface area contributed by atoms with Crippen molar-refractivity contribution in [2.24, 2.45) is 10.9 Å². The number of nitrogens with two attached hydrogens (primary N) is 1. The maximum Gasteiger partial charge on any atom is 0.267 e. The number of carbonyl (C=O) groups excluding carboxylic acids is 1. The van der Waals surface area contributed by atoms with Gasteiger partial charge in [0.25, 0.3) is 5.91 Å². The molecule has 1 aromatic carbocycles. The van der Waals surface area contributed by atoms with Crippen molar-refractivity contribution >= 4 is 17.2 Å². The molecule has 7 heteroatoms. The molecular weight excluding hydrogens is 272 g/mol. The zero-order valence-corrected chi connectivity index (χ0v) is 12.4. The lowest BCUT2D eigenvalue weighted by Gasteiger charge is -2.15. The van der Waals surface area contributed by atoms with Gasteiger partial charge in [-0.25, -0.2) is 5.84 Å². The molecule has 0 atom stereocenters. The van der Waals surface area contributed by atoms with Gasteiger partial charge in [0.05, 0.1) is 25.5 Å². The molecule has 1 aliphatic heterocycles. The molecule has 0 saturated heterocycles. The number of nitrogens with one attached hydrogen (secondary N) is 2. The number of hydrogen-bond donors (Lipinski definition) is 3. The summed E-state index contributed by atoms with van der Waals surface area (Å²) in [6, 6.07) is 3.53. The fraction of sp³-hybridized carbons (Fsp3) is 0.286. The van der Waals surface area contributed by atoms with Gasteiger partial charge in [-0.15, -0.1) is 0 Å². The molecular formula is C14H18N4O3. The minimum Gasteiger partial charge on any atom is -0.493 e. The van der Waals surface area contributed by atoms with E-state index < -0.39 is 5.91 Å². The molecule has 0 aromatic heterocycles. The van der Waals surface area contributed by atoms with Crippen molar-refractivity contribution in [1.29, 1.82) is 0 Å². The van der Waals surface area contributed by atoms with Gasteiger partial charge in [-0.2, -0.15) is 5.10 Å². The molecule has 0 aliphatic carbocycles. The van der Waals surface area contributed by atoms with Crippen LogP contribution in [0.3, 0.4) is 0 Å². The van der Waals surface area contributed by atoms with E-state index in [1.165, 1.54) is 0 Å². The Balaban J connectivity index is 2.77. The normalized spacial score (nSPS) is 13.7. The first-order valence-corrected chi connectivity index (χ1v) is 6.32. The molecule has 1 aliphatic rings. The fourth-order valence-corrected chi connectivity index (χ4v) is 2.24. The SMILES string of the molecule is COc1cc2c(cc1OC)C(C(=O)NN)=C(C)NN=C2C. The second-order valence-corrected chi connectivity index (χ2v) is 4.54. The van der Waals surface area contributed by atoms with Crippen molar-refractivity contribution in [3.63, 3.8) is 0 Å². The van der Waals surface area contributed by atoms with Gasteiger partial charge in [-0.3, -0.25) is 15.6 Å². The van der Waals surface area contributed by atoms with E-state index >= 15 is 0 Å². The number of ether oxygens (including phenoxy) is 2. The smallest absolute Gasteiger partial charge is 0.267 e. The van der Waals surface area contributed by atoms with Crippen LogP contribution < -0.4 is 26.2 Å². The van der Waals surface area contributed by atoms with Gasteiger partial charge in [-0.05, 0) is 26.0 Å². The van der Waals surface area contributed by atoms with Crippen molar-refractivity contribution in [2.75, 3.05) is 14.2 Å². The lowest BCUT2D eigenvalue weighted by Crippen LogP contribution is -2.32. The predicted octanol–water partition coefficient (Wildman–Crippen LogP) is 0.752. The topological polar surface area (TPSA) is 98.0 Å². The summed E-state index contributed by atoms with van der Waals surface area (Å²) < 4.78 is 10.6. The monoisotopic (exact) mass is 290 g/mol. The number of carbonyl (C=O) groups is 1. The highest BCUT2D eigenvalue weighted by Gasteiger charge is 2.24. The highest BCUT2D eigenvalue weighted by atomic mass is 16.5. The van der Waals surface area contributed by atoms with Crippen LogP contribution in [0.25, 0.3) is 5.57 Å². The van der Waals surface area contributed by atoms with E-state index in [2.05, 4.69) is 16.0 Å². The van der Waals surface area contributed by atoms with E-state index in [-0.39, 0.29) is 0 Å². The molecule has 21 heavy (non-hydrogen) atoms. The van der Waals surface area contributed by atoms with Gasteiger partial charge in [0.15, 0.2) is 11.5 Å². The van der Waals surface area contributed by atoms with Gasteiger partial charge >= 0.3 is 0 Å². The highest BCUT2D eigenvalue weighted by molar-refractivity contribution is 6.23. The van der Waals surface area contributed by atoms with Crippen LogP contribution >= 0.6 is 0 Å². The largest absolute Gasteiger partial charge is 0.493 e. The van der Waals surface area contributed by atoms with Crippen molar-refractivity contribution in [3.05, 3.63) is 29.0 Å². The number of hydrogen-bond acceptors (Lipinski definition) is 6. The lowest BCUT2D eigenvalue weighted by molar-refractivity contribution is -0.115. The van der Waals surface area contributed by atoms with Gasteiger partial charge in [0.2, 0.25) is 0 Å². The van der Waals surface area contributed by atoms with E-state index in [1.54, 1.807) is 33.3 Å². The predicted molar refractivity (Wildman–Crippen MR) is 79.8 cm³/mol. The average molecular weight is 290 g/mol. The molecule has 0 spiro atoms. The number of fused-ring (bicyclic) bond motifs is 1. The summed E-state index contributed by atoms with van der Waals surface area (Å²) in [5.74, 6) is 5.97. The Kier molecular flexibility index (Phi) is 4.13. The Hall–Kier alpha value is -2.54. The summed E-state index contributed by atoms with van der Waals surface area (Å²) in [6.07, 6.45) is 0.